The smallest absolute Gasteiger partial charge is 0.170 e. The molecule has 1 aliphatic rings. The minimum absolute atomic E-state index is 0.0602. The Morgan fingerprint density at radius 1 is 1.90 bits per heavy atom. The maximum Gasteiger partial charge on any atom is 0.170 e. The monoisotopic (exact) mass is 139 g/mol. The van der Waals surface area contributed by atoms with E-state index in [-0.39, 0.29) is 6.23 Å². The van der Waals surface area contributed by atoms with Gasteiger partial charge in [-0.3, -0.25) is 4.99 Å². The summed E-state index contributed by atoms with van der Waals surface area (Å²) in [6, 6.07) is 0. The van der Waals surface area contributed by atoms with Gasteiger partial charge in [0.1, 0.15) is 0 Å². The highest BCUT2D eigenvalue weighted by molar-refractivity contribution is 5.86. The fraction of sp³-hybridized carbons (Fsp3) is 0.625. The van der Waals surface area contributed by atoms with Gasteiger partial charge in [0.15, 0.2) is 6.23 Å². The Morgan fingerprint density at radius 2 is 2.60 bits per heavy atom. The normalized spacial score (nSPS) is 24.6. The maximum absolute atomic E-state index is 5.31. The molecule has 1 atom stereocenters. The summed E-state index contributed by atoms with van der Waals surface area (Å²) in [6.07, 6.45) is 0.930. The van der Waals surface area contributed by atoms with E-state index in [0.29, 0.717) is 6.61 Å². The molecule has 0 aromatic heterocycles. The largest absolute Gasteiger partial charge is 0.347 e. The highest BCUT2D eigenvalue weighted by atomic mass is 16.5. The van der Waals surface area contributed by atoms with Crippen LogP contribution in [-0.2, 0) is 4.74 Å². The summed E-state index contributed by atoms with van der Waals surface area (Å²) in [5.74, 6) is 0. The SMILES string of the molecule is C=C(C)C1N=C(CC)CO1. The Kier molecular flexibility index (Phi) is 2.22. The third-order valence-electron chi connectivity index (χ3n) is 1.54. The van der Waals surface area contributed by atoms with E-state index in [1.54, 1.807) is 0 Å². The van der Waals surface area contributed by atoms with Crippen molar-refractivity contribution in [3.05, 3.63) is 12.2 Å². The fourth-order valence-corrected chi connectivity index (χ4v) is 0.861. The number of hydrogen-bond donors (Lipinski definition) is 0. The molecule has 1 unspecified atom stereocenters. The molecule has 0 amide bonds. The van der Waals surface area contributed by atoms with Crippen LogP contribution in [-0.4, -0.2) is 18.5 Å². The molecular weight excluding hydrogens is 126 g/mol. The average molecular weight is 139 g/mol. The lowest BCUT2D eigenvalue weighted by Crippen LogP contribution is -2.04. The number of ether oxygens (including phenoxy) is 1. The van der Waals surface area contributed by atoms with E-state index in [2.05, 4.69) is 18.5 Å². The predicted octanol–water partition coefficient (Wildman–Crippen LogP) is 1.77. The molecule has 0 saturated carbocycles. The van der Waals surface area contributed by atoms with Gasteiger partial charge in [0.25, 0.3) is 0 Å². The summed E-state index contributed by atoms with van der Waals surface area (Å²) in [6.45, 7) is 8.49. The molecule has 0 aliphatic carbocycles. The van der Waals surface area contributed by atoms with Crippen LogP contribution in [0.25, 0.3) is 0 Å². The van der Waals surface area contributed by atoms with Gasteiger partial charge in [0, 0.05) is 5.71 Å². The molecule has 0 fully saturated rings. The summed E-state index contributed by atoms with van der Waals surface area (Å²) >= 11 is 0. The molecule has 10 heavy (non-hydrogen) atoms. The molecule has 0 saturated heterocycles. The van der Waals surface area contributed by atoms with Gasteiger partial charge in [-0.25, -0.2) is 0 Å². The van der Waals surface area contributed by atoms with Crippen LogP contribution in [0.1, 0.15) is 20.3 Å². The number of aliphatic imine (C=N–C) groups is 1. The lowest BCUT2D eigenvalue weighted by molar-refractivity contribution is 0.137. The molecule has 1 aliphatic heterocycles. The van der Waals surface area contributed by atoms with Crippen molar-refractivity contribution in [2.75, 3.05) is 6.61 Å². The Morgan fingerprint density at radius 3 is 2.90 bits per heavy atom. The lowest BCUT2D eigenvalue weighted by atomic mass is 10.3. The molecule has 2 nitrogen and oxygen atoms in total. The molecule has 2 heteroatoms. The van der Waals surface area contributed by atoms with Gasteiger partial charge in [-0.2, -0.15) is 0 Å². The van der Waals surface area contributed by atoms with E-state index >= 15 is 0 Å². The molecule has 0 spiro atoms. The van der Waals surface area contributed by atoms with Gasteiger partial charge in [-0.05, 0) is 18.9 Å². The van der Waals surface area contributed by atoms with Gasteiger partial charge < -0.3 is 4.74 Å². The molecule has 1 rings (SSSR count). The summed E-state index contributed by atoms with van der Waals surface area (Å²) in [5, 5.41) is 0. The van der Waals surface area contributed by atoms with Crippen LogP contribution >= 0.6 is 0 Å². The first kappa shape index (κ1) is 7.48. The van der Waals surface area contributed by atoms with Crippen LogP contribution in [0.5, 0.6) is 0 Å². The van der Waals surface area contributed by atoms with Crippen molar-refractivity contribution in [1.29, 1.82) is 0 Å². The van der Waals surface area contributed by atoms with Crippen LogP contribution in [0, 0.1) is 0 Å². The van der Waals surface area contributed by atoms with Gasteiger partial charge in [-0.15, -0.1) is 0 Å². The summed E-state index contributed by atoms with van der Waals surface area (Å²) in [5.41, 5.74) is 2.14. The van der Waals surface area contributed by atoms with Crippen molar-refractivity contribution in [2.24, 2.45) is 4.99 Å². The van der Waals surface area contributed by atoms with E-state index in [9.17, 15) is 0 Å². The third-order valence-corrected chi connectivity index (χ3v) is 1.54. The van der Waals surface area contributed by atoms with Crippen molar-refractivity contribution in [3.8, 4) is 0 Å². The first-order valence-electron chi connectivity index (χ1n) is 3.56. The molecule has 0 bridgehead atoms. The first-order valence-corrected chi connectivity index (χ1v) is 3.56. The second-order valence-corrected chi connectivity index (χ2v) is 2.56. The second kappa shape index (κ2) is 2.97. The van der Waals surface area contributed by atoms with E-state index in [4.69, 9.17) is 4.74 Å². The second-order valence-electron chi connectivity index (χ2n) is 2.56. The van der Waals surface area contributed by atoms with Gasteiger partial charge in [-0.1, -0.05) is 13.5 Å². The number of hydrogen-bond acceptors (Lipinski definition) is 2. The van der Waals surface area contributed by atoms with E-state index in [1.807, 2.05) is 6.92 Å². The van der Waals surface area contributed by atoms with Crippen LogP contribution in [0.4, 0.5) is 0 Å². The zero-order chi connectivity index (χ0) is 7.56. The van der Waals surface area contributed by atoms with E-state index in [0.717, 1.165) is 17.7 Å². The minimum Gasteiger partial charge on any atom is -0.347 e. The highest BCUT2D eigenvalue weighted by Crippen LogP contribution is 2.12. The summed E-state index contributed by atoms with van der Waals surface area (Å²) in [4.78, 5) is 4.30. The van der Waals surface area contributed by atoms with Crippen molar-refractivity contribution >= 4 is 5.71 Å². The van der Waals surface area contributed by atoms with E-state index in [1.165, 1.54) is 0 Å². The minimum atomic E-state index is -0.0602. The number of nitrogens with zero attached hydrogens (tertiary/aromatic N) is 1. The Balaban J connectivity index is 2.55. The van der Waals surface area contributed by atoms with Crippen LogP contribution in [0.15, 0.2) is 17.1 Å². The Bertz CT molecular complexity index is 172. The van der Waals surface area contributed by atoms with Gasteiger partial charge >= 0.3 is 0 Å². The van der Waals surface area contributed by atoms with Crippen molar-refractivity contribution in [2.45, 2.75) is 26.5 Å². The predicted molar refractivity (Wildman–Crippen MR) is 42.3 cm³/mol. The zero-order valence-electron chi connectivity index (χ0n) is 6.55. The Labute approximate surface area is 61.6 Å². The van der Waals surface area contributed by atoms with Gasteiger partial charge in [0.2, 0.25) is 0 Å². The number of rotatable bonds is 2. The van der Waals surface area contributed by atoms with E-state index < -0.39 is 0 Å². The van der Waals surface area contributed by atoms with Crippen LogP contribution < -0.4 is 0 Å². The van der Waals surface area contributed by atoms with Crippen LogP contribution in [0.3, 0.4) is 0 Å². The summed E-state index contributed by atoms with van der Waals surface area (Å²) < 4.78 is 5.31. The maximum atomic E-state index is 5.31. The topological polar surface area (TPSA) is 21.6 Å². The van der Waals surface area contributed by atoms with Crippen molar-refractivity contribution < 1.29 is 4.74 Å². The summed E-state index contributed by atoms with van der Waals surface area (Å²) in [7, 11) is 0. The molecule has 1 heterocycles. The quantitative estimate of drug-likeness (QED) is 0.534. The van der Waals surface area contributed by atoms with Crippen LogP contribution in [0.2, 0.25) is 0 Å². The molecular formula is C8H13NO. The molecule has 0 aromatic carbocycles. The molecule has 56 valence electrons. The van der Waals surface area contributed by atoms with Crippen molar-refractivity contribution in [1.82, 2.24) is 0 Å². The first-order chi connectivity index (χ1) is 4.74. The standard InChI is InChI=1S/C8H13NO/c1-4-7-5-10-8(9-7)6(2)3/h8H,2,4-5H2,1,3H3. The van der Waals surface area contributed by atoms with Crippen molar-refractivity contribution in [3.63, 3.8) is 0 Å². The average Bonchev–Trinajstić information content (AvgIpc) is 2.34. The zero-order valence-corrected chi connectivity index (χ0v) is 6.55. The highest BCUT2D eigenvalue weighted by Gasteiger charge is 2.15. The lowest BCUT2D eigenvalue weighted by Gasteiger charge is -2.03. The van der Waals surface area contributed by atoms with Gasteiger partial charge in [0.05, 0.1) is 6.61 Å². The third kappa shape index (κ3) is 1.45. The fourth-order valence-electron chi connectivity index (χ4n) is 0.861. The molecule has 0 radical (unpaired) electrons. The Hall–Kier alpha value is -0.630. The molecule has 0 aromatic rings. The molecule has 0 N–H and O–H groups in total.